The smallest absolute Gasteiger partial charge is 0.264 e. The predicted octanol–water partition coefficient (Wildman–Crippen LogP) is 6.39. The molecule has 43 heavy (non-hydrogen) atoms. The molecular formula is C32H39Cl2N3O5S. The molecule has 0 heterocycles. The number of rotatable bonds is 13. The second kappa shape index (κ2) is 14.9. The van der Waals surface area contributed by atoms with Crippen LogP contribution in [-0.2, 0) is 26.2 Å². The van der Waals surface area contributed by atoms with Gasteiger partial charge in [-0.2, -0.15) is 0 Å². The number of hydrogen-bond acceptors (Lipinski definition) is 5. The van der Waals surface area contributed by atoms with Crippen LogP contribution in [0, 0.1) is 19.8 Å². The molecule has 3 aromatic carbocycles. The van der Waals surface area contributed by atoms with Crippen LogP contribution in [0.5, 0.6) is 5.75 Å². The molecule has 11 heteroatoms. The monoisotopic (exact) mass is 647 g/mol. The zero-order chi connectivity index (χ0) is 31.9. The van der Waals surface area contributed by atoms with Gasteiger partial charge in [-0.1, -0.05) is 73.8 Å². The standard InChI is InChI=1S/C32H39Cl2N3O5S/c1-7-28(32(39)35-18-21(2)3)36(19-24-11-14-26(33)27(34)17-24)31(38)20-37(29-16-23(5)10-15-30(29)42-6)43(40,41)25-12-8-22(4)9-13-25/h8-17,21,28H,7,18-20H2,1-6H3,(H,35,39)/t28-/m0/s1. The van der Waals surface area contributed by atoms with E-state index in [4.69, 9.17) is 27.9 Å². The number of halogens is 2. The maximum Gasteiger partial charge on any atom is 0.264 e. The zero-order valence-corrected chi connectivity index (χ0v) is 27.7. The summed E-state index contributed by atoms with van der Waals surface area (Å²) in [6.45, 7) is 9.29. The van der Waals surface area contributed by atoms with Gasteiger partial charge in [-0.05, 0) is 73.7 Å². The molecule has 0 fully saturated rings. The fourth-order valence-electron chi connectivity index (χ4n) is 4.52. The number of methoxy groups -OCH3 is 1. The van der Waals surface area contributed by atoms with Crippen molar-refractivity contribution < 1.29 is 22.7 Å². The first kappa shape index (κ1) is 34.2. The number of carbonyl (C=O) groups excluding carboxylic acids is 2. The molecule has 0 bridgehead atoms. The van der Waals surface area contributed by atoms with Gasteiger partial charge in [-0.3, -0.25) is 13.9 Å². The van der Waals surface area contributed by atoms with Gasteiger partial charge in [0.2, 0.25) is 11.8 Å². The number of amides is 2. The first-order valence-electron chi connectivity index (χ1n) is 14.0. The van der Waals surface area contributed by atoms with E-state index >= 15 is 0 Å². The number of ether oxygens (including phenoxy) is 1. The normalized spacial score (nSPS) is 12.1. The van der Waals surface area contributed by atoms with Gasteiger partial charge in [0.05, 0.1) is 27.7 Å². The van der Waals surface area contributed by atoms with Crippen LogP contribution in [0.25, 0.3) is 0 Å². The number of hydrogen-bond donors (Lipinski definition) is 1. The third-order valence-corrected chi connectivity index (χ3v) is 9.41. The van der Waals surface area contributed by atoms with Crippen molar-refractivity contribution in [3.05, 3.63) is 87.4 Å². The van der Waals surface area contributed by atoms with Gasteiger partial charge in [-0.15, -0.1) is 0 Å². The Morgan fingerprint density at radius 3 is 2.16 bits per heavy atom. The molecule has 1 atom stereocenters. The Bertz CT molecular complexity index is 1550. The van der Waals surface area contributed by atoms with Crippen molar-refractivity contribution >= 4 is 50.7 Å². The minimum absolute atomic E-state index is 0.00665. The number of carbonyl (C=O) groups is 2. The number of nitrogens with zero attached hydrogens (tertiary/aromatic N) is 2. The van der Waals surface area contributed by atoms with Crippen molar-refractivity contribution in [3.8, 4) is 5.75 Å². The molecule has 2 amide bonds. The third-order valence-electron chi connectivity index (χ3n) is 6.90. The second-order valence-corrected chi connectivity index (χ2v) is 13.5. The highest BCUT2D eigenvalue weighted by molar-refractivity contribution is 7.92. The molecule has 0 radical (unpaired) electrons. The summed E-state index contributed by atoms with van der Waals surface area (Å²) in [7, 11) is -2.80. The molecule has 232 valence electrons. The Morgan fingerprint density at radius 2 is 1.58 bits per heavy atom. The lowest BCUT2D eigenvalue weighted by Gasteiger charge is -2.33. The molecule has 8 nitrogen and oxygen atoms in total. The molecule has 0 aromatic heterocycles. The van der Waals surface area contributed by atoms with Crippen LogP contribution in [0.4, 0.5) is 5.69 Å². The van der Waals surface area contributed by atoms with Crippen LogP contribution in [0.3, 0.4) is 0 Å². The van der Waals surface area contributed by atoms with Crippen LogP contribution >= 0.6 is 23.2 Å². The Kier molecular flexibility index (Phi) is 11.9. The summed E-state index contributed by atoms with van der Waals surface area (Å²) in [6, 6.07) is 15.6. The van der Waals surface area contributed by atoms with Crippen LogP contribution in [-0.4, -0.2) is 51.4 Å². The molecular weight excluding hydrogens is 609 g/mol. The van der Waals surface area contributed by atoms with E-state index in [0.717, 1.165) is 15.4 Å². The van der Waals surface area contributed by atoms with E-state index in [1.54, 1.807) is 55.5 Å². The van der Waals surface area contributed by atoms with Crippen molar-refractivity contribution in [1.82, 2.24) is 10.2 Å². The molecule has 0 aliphatic carbocycles. The molecule has 0 saturated heterocycles. The highest BCUT2D eigenvalue weighted by Crippen LogP contribution is 2.34. The van der Waals surface area contributed by atoms with E-state index in [2.05, 4.69) is 5.32 Å². The maximum absolute atomic E-state index is 14.3. The average Bonchev–Trinajstić information content (AvgIpc) is 2.96. The average molecular weight is 649 g/mol. The highest BCUT2D eigenvalue weighted by atomic mass is 35.5. The molecule has 3 aromatic rings. The fourth-order valence-corrected chi connectivity index (χ4v) is 6.26. The quantitative estimate of drug-likeness (QED) is 0.232. The van der Waals surface area contributed by atoms with Gasteiger partial charge < -0.3 is 15.0 Å². The van der Waals surface area contributed by atoms with Crippen molar-refractivity contribution in [2.45, 2.75) is 58.5 Å². The Labute approximate surface area is 265 Å². The molecule has 0 aliphatic rings. The van der Waals surface area contributed by atoms with Gasteiger partial charge in [0.1, 0.15) is 18.3 Å². The van der Waals surface area contributed by atoms with Crippen molar-refractivity contribution in [1.29, 1.82) is 0 Å². The number of sulfonamides is 1. The molecule has 0 unspecified atom stereocenters. The van der Waals surface area contributed by atoms with Crippen molar-refractivity contribution in [2.75, 3.05) is 24.5 Å². The van der Waals surface area contributed by atoms with E-state index in [1.807, 2.05) is 27.7 Å². The Morgan fingerprint density at radius 1 is 0.930 bits per heavy atom. The van der Waals surface area contributed by atoms with Gasteiger partial charge >= 0.3 is 0 Å². The first-order valence-corrected chi connectivity index (χ1v) is 16.2. The van der Waals surface area contributed by atoms with Crippen LogP contribution in [0.2, 0.25) is 10.0 Å². The summed E-state index contributed by atoms with van der Waals surface area (Å²) in [5.41, 5.74) is 2.52. The third kappa shape index (κ3) is 8.65. The van der Waals surface area contributed by atoms with Crippen molar-refractivity contribution in [2.24, 2.45) is 5.92 Å². The van der Waals surface area contributed by atoms with E-state index in [9.17, 15) is 18.0 Å². The molecule has 3 rings (SSSR count). The predicted molar refractivity (Wildman–Crippen MR) is 172 cm³/mol. The molecule has 0 aliphatic heterocycles. The number of anilines is 1. The summed E-state index contributed by atoms with van der Waals surface area (Å²) in [4.78, 5) is 29.1. The Hall–Kier alpha value is -3.27. The molecule has 1 N–H and O–H groups in total. The summed E-state index contributed by atoms with van der Waals surface area (Å²) in [6.07, 6.45) is 0.301. The molecule has 0 saturated carbocycles. The van der Waals surface area contributed by atoms with E-state index in [0.29, 0.717) is 28.6 Å². The van der Waals surface area contributed by atoms with Gasteiger partial charge in [0, 0.05) is 13.1 Å². The minimum atomic E-state index is -4.24. The highest BCUT2D eigenvalue weighted by Gasteiger charge is 2.35. The summed E-state index contributed by atoms with van der Waals surface area (Å²) in [5, 5.41) is 3.57. The van der Waals surface area contributed by atoms with Crippen molar-refractivity contribution in [3.63, 3.8) is 0 Å². The maximum atomic E-state index is 14.3. The zero-order valence-electron chi connectivity index (χ0n) is 25.4. The number of aryl methyl sites for hydroxylation is 2. The second-order valence-electron chi connectivity index (χ2n) is 10.8. The first-order chi connectivity index (χ1) is 20.3. The van der Waals surface area contributed by atoms with E-state index in [-0.39, 0.29) is 34.7 Å². The van der Waals surface area contributed by atoms with Crippen LogP contribution in [0.15, 0.2) is 65.6 Å². The fraction of sp³-hybridized carbons (Fsp3) is 0.375. The summed E-state index contributed by atoms with van der Waals surface area (Å²) < 4.78 is 34.9. The van der Waals surface area contributed by atoms with Crippen LogP contribution in [0.1, 0.15) is 43.9 Å². The van der Waals surface area contributed by atoms with Crippen LogP contribution < -0.4 is 14.4 Å². The number of benzene rings is 3. The van der Waals surface area contributed by atoms with Gasteiger partial charge in [0.25, 0.3) is 10.0 Å². The van der Waals surface area contributed by atoms with E-state index < -0.39 is 28.5 Å². The lowest BCUT2D eigenvalue weighted by molar-refractivity contribution is -0.140. The molecule has 0 spiro atoms. The van der Waals surface area contributed by atoms with E-state index in [1.165, 1.54) is 24.1 Å². The Balaban J connectivity index is 2.13. The van der Waals surface area contributed by atoms with Gasteiger partial charge in [-0.25, -0.2) is 8.42 Å². The van der Waals surface area contributed by atoms with Gasteiger partial charge in [0.15, 0.2) is 0 Å². The SMILES string of the molecule is CC[C@@H](C(=O)NCC(C)C)N(Cc1ccc(Cl)c(Cl)c1)C(=O)CN(c1cc(C)ccc1OC)S(=O)(=O)c1ccc(C)cc1. The summed E-state index contributed by atoms with van der Waals surface area (Å²) >= 11 is 12.4. The largest absolute Gasteiger partial charge is 0.495 e. The lowest BCUT2D eigenvalue weighted by atomic mass is 10.1. The minimum Gasteiger partial charge on any atom is -0.495 e. The topological polar surface area (TPSA) is 96.0 Å². The number of nitrogens with one attached hydrogen (secondary N) is 1. The summed E-state index contributed by atoms with van der Waals surface area (Å²) in [5.74, 6) is -0.418. The lowest BCUT2D eigenvalue weighted by Crippen LogP contribution is -2.52.